The summed E-state index contributed by atoms with van der Waals surface area (Å²) in [4.78, 5) is 17.6. The molecule has 1 N–H and O–H groups in total. The van der Waals surface area contributed by atoms with Crippen molar-refractivity contribution in [2.75, 3.05) is 5.43 Å². The average molecular weight is 354 g/mol. The summed E-state index contributed by atoms with van der Waals surface area (Å²) in [5.41, 5.74) is 6.30. The van der Waals surface area contributed by atoms with Crippen LogP contribution in [0.1, 0.15) is 11.1 Å². The minimum Gasteiger partial charge on any atom is -0.268 e. The number of fused-ring (bicyclic) bond motifs is 1. The minimum absolute atomic E-state index is 0.139. The molecule has 132 valence electrons. The van der Waals surface area contributed by atoms with Crippen molar-refractivity contribution >= 4 is 23.1 Å². The van der Waals surface area contributed by atoms with Crippen molar-refractivity contribution in [3.8, 4) is 5.69 Å². The topological polar surface area (TPSA) is 59.3 Å². The zero-order chi connectivity index (χ0) is 18.6. The molecule has 0 amide bonds. The Bertz CT molecular complexity index is 1160. The molecule has 5 heteroatoms. The maximum Gasteiger partial charge on any atom is 0.267 e. The van der Waals surface area contributed by atoms with Gasteiger partial charge in [-0.15, -0.1) is 0 Å². The molecule has 3 aromatic carbocycles. The fraction of sp³-hybridized carbons (Fsp3) is 0.0455. The molecule has 0 atom stereocenters. The Balaban J connectivity index is 1.78. The summed E-state index contributed by atoms with van der Waals surface area (Å²) in [5, 5.41) is 4.84. The summed E-state index contributed by atoms with van der Waals surface area (Å²) in [6.45, 7) is 2.04. The van der Waals surface area contributed by atoms with Crippen molar-refractivity contribution in [3.05, 3.63) is 100 Å². The molecule has 0 radical (unpaired) electrons. The predicted molar refractivity (Wildman–Crippen MR) is 110 cm³/mol. The van der Waals surface area contributed by atoms with E-state index >= 15 is 0 Å². The fourth-order valence-electron chi connectivity index (χ4n) is 2.84. The number of para-hydroxylation sites is 2. The lowest BCUT2D eigenvalue weighted by molar-refractivity contribution is 0.956. The SMILES string of the molecule is Cc1ccc(/C=N\Nc2nc3ccccc3c(=O)n2-c2ccccc2)cc1. The number of nitrogens with zero attached hydrogens (tertiary/aromatic N) is 3. The number of nitrogens with one attached hydrogen (secondary N) is 1. The number of hydrogen-bond donors (Lipinski definition) is 1. The van der Waals surface area contributed by atoms with Gasteiger partial charge in [-0.3, -0.25) is 4.79 Å². The van der Waals surface area contributed by atoms with Gasteiger partial charge in [-0.1, -0.05) is 60.2 Å². The lowest BCUT2D eigenvalue weighted by atomic mass is 10.2. The molecule has 1 heterocycles. The van der Waals surface area contributed by atoms with Gasteiger partial charge in [0, 0.05) is 0 Å². The van der Waals surface area contributed by atoms with Crippen LogP contribution in [-0.2, 0) is 0 Å². The first-order chi connectivity index (χ1) is 13.2. The van der Waals surface area contributed by atoms with E-state index in [0.29, 0.717) is 16.9 Å². The molecule has 4 aromatic rings. The highest BCUT2D eigenvalue weighted by Crippen LogP contribution is 2.16. The minimum atomic E-state index is -0.139. The van der Waals surface area contributed by atoms with Crippen LogP contribution in [-0.4, -0.2) is 15.8 Å². The summed E-state index contributed by atoms with van der Waals surface area (Å²) in [5.74, 6) is 0.369. The van der Waals surface area contributed by atoms with Crippen LogP contribution < -0.4 is 11.0 Å². The van der Waals surface area contributed by atoms with Crippen LogP contribution in [0.2, 0.25) is 0 Å². The first-order valence-corrected chi connectivity index (χ1v) is 8.65. The van der Waals surface area contributed by atoms with E-state index in [2.05, 4.69) is 15.5 Å². The summed E-state index contributed by atoms with van der Waals surface area (Å²) in [7, 11) is 0. The summed E-state index contributed by atoms with van der Waals surface area (Å²) in [6.07, 6.45) is 1.70. The monoisotopic (exact) mass is 354 g/mol. The number of benzene rings is 3. The summed E-state index contributed by atoms with van der Waals surface area (Å²) >= 11 is 0. The van der Waals surface area contributed by atoms with E-state index in [0.717, 1.165) is 11.3 Å². The van der Waals surface area contributed by atoms with Crippen LogP contribution in [0.25, 0.3) is 16.6 Å². The largest absolute Gasteiger partial charge is 0.268 e. The Hall–Kier alpha value is -3.73. The second kappa shape index (κ2) is 7.25. The van der Waals surface area contributed by atoms with Gasteiger partial charge in [0.1, 0.15) is 0 Å². The van der Waals surface area contributed by atoms with E-state index in [1.807, 2.05) is 79.7 Å². The number of hydrazone groups is 1. The zero-order valence-electron chi connectivity index (χ0n) is 14.8. The third-order valence-corrected chi connectivity index (χ3v) is 4.25. The van der Waals surface area contributed by atoms with Crippen LogP contribution in [0.5, 0.6) is 0 Å². The molecule has 1 aromatic heterocycles. The van der Waals surface area contributed by atoms with E-state index < -0.39 is 0 Å². The second-order valence-electron chi connectivity index (χ2n) is 6.21. The van der Waals surface area contributed by atoms with Gasteiger partial charge in [0.25, 0.3) is 5.56 Å². The van der Waals surface area contributed by atoms with Crippen molar-refractivity contribution in [2.24, 2.45) is 5.10 Å². The molecule has 0 saturated heterocycles. The highest BCUT2D eigenvalue weighted by molar-refractivity contribution is 5.81. The van der Waals surface area contributed by atoms with Gasteiger partial charge in [-0.2, -0.15) is 5.10 Å². The molecule has 27 heavy (non-hydrogen) atoms. The van der Waals surface area contributed by atoms with Crippen LogP contribution in [0.4, 0.5) is 5.95 Å². The van der Waals surface area contributed by atoms with Gasteiger partial charge < -0.3 is 0 Å². The smallest absolute Gasteiger partial charge is 0.267 e. The first kappa shape index (κ1) is 16.7. The Morgan fingerprint density at radius 2 is 1.63 bits per heavy atom. The Kier molecular flexibility index (Phi) is 4.49. The molecule has 0 bridgehead atoms. The van der Waals surface area contributed by atoms with Crippen molar-refractivity contribution < 1.29 is 0 Å². The molecule has 0 aliphatic carbocycles. The van der Waals surface area contributed by atoms with Crippen LogP contribution in [0, 0.1) is 6.92 Å². The maximum atomic E-state index is 13.1. The van der Waals surface area contributed by atoms with Crippen molar-refractivity contribution in [1.29, 1.82) is 0 Å². The van der Waals surface area contributed by atoms with Crippen LogP contribution >= 0.6 is 0 Å². The van der Waals surface area contributed by atoms with E-state index in [1.165, 1.54) is 10.1 Å². The second-order valence-corrected chi connectivity index (χ2v) is 6.21. The number of rotatable bonds is 4. The van der Waals surface area contributed by atoms with Gasteiger partial charge in [0.2, 0.25) is 5.95 Å². The quantitative estimate of drug-likeness (QED) is 0.443. The van der Waals surface area contributed by atoms with Gasteiger partial charge >= 0.3 is 0 Å². The molecule has 0 unspecified atom stereocenters. The standard InChI is InChI=1S/C22H18N4O/c1-16-11-13-17(14-12-16)15-23-25-22-24-20-10-6-5-9-19(20)21(27)26(22)18-7-3-2-4-8-18/h2-15H,1H3,(H,24,25)/b23-15-. The number of hydrogen-bond acceptors (Lipinski definition) is 4. The number of aryl methyl sites for hydroxylation is 1. The predicted octanol–water partition coefficient (Wildman–Crippen LogP) is 4.14. The fourth-order valence-corrected chi connectivity index (χ4v) is 2.84. The van der Waals surface area contributed by atoms with Crippen molar-refractivity contribution in [1.82, 2.24) is 9.55 Å². The van der Waals surface area contributed by atoms with Crippen LogP contribution in [0.15, 0.2) is 88.8 Å². The molecule has 0 spiro atoms. The molecule has 0 aliphatic heterocycles. The first-order valence-electron chi connectivity index (χ1n) is 8.65. The lowest BCUT2D eigenvalue weighted by Gasteiger charge is -2.12. The highest BCUT2D eigenvalue weighted by Gasteiger charge is 2.11. The maximum absolute atomic E-state index is 13.1. The molecule has 0 saturated carbocycles. The van der Waals surface area contributed by atoms with Gasteiger partial charge in [0.05, 0.1) is 22.8 Å². The van der Waals surface area contributed by atoms with Crippen LogP contribution in [0.3, 0.4) is 0 Å². The number of anilines is 1. The third kappa shape index (κ3) is 3.48. The summed E-state index contributed by atoms with van der Waals surface area (Å²) in [6, 6.07) is 24.7. The van der Waals surface area contributed by atoms with E-state index in [9.17, 15) is 4.79 Å². The Labute approximate surface area is 156 Å². The molecule has 4 rings (SSSR count). The normalized spacial score (nSPS) is 11.1. The Morgan fingerprint density at radius 3 is 2.41 bits per heavy atom. The lowest BCUT2D eigenvalue weighted by Crippen LogP contribution is -2.22. The Morgan fingerprint density at radius 1 is 0.926 bits per heavy atom. The molecule has 5 nitrogen and oxygen atoms in total. The third-order valence-electron chi connectivity index (χ3n) is 4.25. The molecule has 0 fully saturated rings. The van der Waals surface area contributed by atoms with Crippen molar-refractivity contribution in [3.63, 3.8) is 0 Å². The van der Waals surface area contributed by atoms with Gasteiger partial charge in [-0.05, 0) is 36.8 Å². The molecule has 0 aliphatic rings. The van der Waals surface area contributed by atoms with Gasteiger partial charge in [0.15, 0.2) is 0 Å². The molecular formula is C22H18N4O. The molecular weight excluding hydrogens is 336 g/mol. The van der Waals surface area contributed by atoms with E-state index in [4.69, 9.17) is 0 Å². The average Bonchev–Trinajstić information content (AvgIpc) is 2.70. The van der Waals surface area contributed by atoms with Crippen molar-refractivity contribution in [2.45, 2.75) is 6.92 Å². The number of aromatic nitrogens is 2. The van der Waals surface area contributed by atoms with Gasteiger partial charge in [-0.25, -0.2) is 15.0 Å². The van der Waals surface area contributed by atoms with E-state index in [-0.39, 0.29) is 5.56 Å². The summed E-state index contributed by atoms with van der Waals surface area (Å²) < 4.78 is 1.54. The zero-order valence-corrected chi connectivity index (χ0v) is 14.8. The van der Waals surface area contributed by atoms with E-state index in [1.54, 1.807) is 12.3 Å². The highest BCUT2D eigenvalue weighted by atomic mass is 16.1.